The molecule has 0 spiro atoms. The van der Waals surface area contributed by atoms with Crippen LogP contribution in [0, 0.1) is 6.92 Å². The molecule has 1 atom stereocenters. The summed E-state index contributed by atoms with van der Waals surface area (Å²) in [6, 6.07) is 26.1. The predicted octanol–water partition coefficient (Wildman–Crippen LogP) is 12.5. The highest BCUT2D eigenvalue weighted by atomic mass is 35.5. The molecule has 1 aromatic heterocycles. The number of rotatable bonds is 23. The minimum absolute atomic E-state index is 0.0305. The van der Waals surface area contributed by atoms with E-state index >= 15 is 0 Å². The van der Waals surface area contributed by atoms with Gasteiger partial charge in [0.1, 0.15) is 6.04 Å². The fourth-order valence-electron chi connectivity index (χ4n) is 7.11. The number of hydrogen-bond acceptors (Lipinski definition) is 6. The van der Waals surface area contributed by atoms with Crippen molar-refractivity contribution in [1.82, 2.24) is 10.0 Å². The Morgan fingerprint density at radius 3 is 1.96 bits per heavy atom. The summed E-state index contributed by atoms with van der Waals surface area (Å²) in [4.78, 5) is 47.2. The van der Waals surface area contributed by atoms with E-state index in [0.717, 1.165) is 58.1 Å². The van der Waals surface area contributed by atoms with E-state index in [1.807, 2.05) is 91.9 Å². The van der Waals surface area contributed by atoms with Crippen LogP contribution < -0.4 is 5.48 Å². The van der Waals surface area contributed by atoms with Crippen molar-refractivity contribution in [3.05, 3.63) is 112 Å². The highest BCUT2D eigenvalue weighted by molar-refractivity contribution is 7.99. The number of benzene rings is 4. The fourth-order valence-corrected chi connectivity index (χ4v) is 8.16. The van der Waals surface area contributed by atoms with Crippen molar-refractivity contribution in [3.63, 3.8) is 0 Å². The van der Waals surface area contributed by atoms with Gasteiger partial charge in [-0.3, -0.25) is 14.4 Å². The molecule has 6 nitrogen and oxygen atoms in total. The summed E-state index contributed by atoms with van der Waals surface area (Å²) in [5.41, 5.74) is 7.59. The molecule has 4 aromatic carbocycles. The van der Waals surface area contributed by atoms with E-state index in [-0.39, 0.29) is 17.5 Å². The third kappa shape index (κ3) is 11.3. The Bertz CT molecular complexity index is 2000. The van der Waals surface area contributed by atoms with Gasteiger partial charge in [-0.05, 0) is 92.9 Å². The molecule has 8 heteroatoms. The normalized spacial score (nSPS) is 12.0. The standard InChI is InChI=1S/C46H55ClN2O4S/c1-4-6-7-8-9-10-11-12-13-14-15-20-44(50)53-48-41(29-30-54-37-25-23-36(47)24-26-37)46(52)35-22-28-43-40(32-35)39-31-34(21-27-42(39)49(43)5-2)45(51)38-19-17-16-18-33(38)3/h16-19,21-28,31-32,41,48H,4-15,20,29-30H2,1-3H3. The lowest BCUT2D eigenvalue weighted by Crippen LogP contribution is -2.38. The van der Waals surface area contributed by atoms with Gasteiger partial charge >= 0.3 is 5.97 Å². The van der Waals surface area contributed by atoms with E-state index in [1.54, 1.807) is 11.8 Å². The molecule has 0 radical (unpaired) electrons. The molecule has 0 aliphatic carbocycles. The summed E-state index contributed by atoms with van der Waals surface area (Å²) >= 11 is 7.71. The van der Waals surface area contributed by atoms with Gasteiger partial charge < -0.3 is 9.40 Å². The highest BCUT2D eigenvalue weighted by Crippen LogP contribution is 2.32. The monoisotopic (exact) mass is 766 g/mol. The molecule has 0 amide bonds. The van der Waals surface area contributed by atoms with Gasteiger partial charge in [-0.25, -0.2) is 0 Å². The second-order valence-electron chi connectivity index (χ2n) is 14.2. The Kier molecular flexibility index (Phi) is 16.2. The summed E-state index contributed by atoms with van der Waals surface area (Å²) in [7, 11) is 0. The zero-order chi connectivity index (χ0) is 38.3. The number of aryl methyl sites for hydroxylation is 2. The van der Waals surface area contributed by atoms with Gasteiger partial charge in [0.15, 0.2) is 11.6 Å². The number of carbonyl (C=O) groups excluding carboxylic acids is 3. The van der Waals surface area contributed by atoms with Gasteiger partial charge in [-0.15, -0.1) is 17.2 Å². The lowest BCUT2D eigenvalue weighted by atomic mass is 9.97. The van der Waals surface area contributed by atoms with E-state index in [4.69, 9.17) is 16.4 Å². The lowest BCUT2D eigenvalue weighted by Gasteiger charge is -2.17. The molecule has 0 aliphatic heterocycles. The number of nitrogens with zero attached hydrogens (tertiary/aromatic N) is 1. The van der Waals surface area contributed by atoms with Gasteiger partial charge in [0.2, 0.25) is 0 Å². The Morgan fingerprint density at radius 1 is 0.741 bits per heavy atom. The van der Waals surface area contributed by atoms with E-state index in [9.17, 15) is 14.4 Å². The van der Waals surface area contributed by atoms with Crippen molar-refractivity contribution in [2.45, 2.75) is 122 Å². The SMILES string of the molecule is CCCCCCCCCCCCCC(=O)ONC(CCSc1ccc(Cl)cc1)C(=O)c1ccc2c(c1)c1cc(C(=O)c3ccccc3C)ccc1n2CC. The summed E-state index contributed by atoms with van der Waals surface area (Å²) in [5, 5.41) is 2.49. The first kappa shape index (κ1) is 41.3. The number of ketones is 2. The van der Waals surface area contributed by atoms with Gasteiger partial charge in [0.25, 0.3) is 0 Å². The average molecular weight is 767 g/mol. The third-order valence-electron chi connectivity index (χ3n) is 10.2. The smallest absolute Gasteiger partial charge is 0.324 e. The third-order valence-corrected chi connectivity index (χ3v) is 11.5. The zero-order valence-corrected chi connectivity index (χ0v) is 33.7. The second-order valence-corrected chi connectivity index (χ2v) is 15.8. The molecule has 5 aromatic rings. The number of hydroxylamine groups is 1. The quantitative estimate of drug-likeness (QED) is 0.0309. The molecular formula is C46H55ClN2O4S. The summed E-state index contributed by atoms with van der Waals surface area (Å²) < 4.78 is 2.20. The van der Waals surface area contributed by atoms with Crippen LogP contribution in [0.3, 0.4) is 0 Å². The van der Waals surface area contributed by atoms with Gasteiger partial charge in [-0.2, -0.15) is 0 Å². The molecule has 0 saturated heterocycles. The van der Waals surface area contributed by atoms with Crippen LogP contribution in [-0.4, -0.2) is 33.9 Å². The highest BCUT2D eigenvalue weighted by Gasteiger charge is 2.24. The van der Waals surface area contributed by atoms with Crippen molar-refractivity contribution in [2.75, 3.05) is 5.75 Å². The molecule has 1 unspecified atom stereocenters. The Labute approximate surface area is 330 Å². The van der Waals surface area contributed by atoms with Gasteiger partial charge in [0.05, 0.1) is 0 Å². The Morgan fingerprint density at radius 2 is 1.33 bits per heavy atom. The molecule has 1 N–H and O–H groups in total. The number of carbonyl (C=O) groups is 3. The Hall–Kier alpha value is -3.91. The first-order valence-corrected chi connectivity index (χ1v) is 21.2. The van der Waals surface area contributed by atoms with E-state index in [0.29, 0.717) is 40.3 Å². The molecule has 54 heavy (non-hydrogen) atoms. The predicted molar refractivity (Wildman–Crippen MR) is 225 cm³/mol. The molecule has 1 heterocycles. The molecule has 0 aliphatic rings. The van der Waals surface area contributed by atoms with Gasteiger partial charge in [-0.1, -0.05) is 107 Å². The maximum atomic E-state index is 14.2. The van der Waals surface area contributed by atoms with Crippen LogP contribution in [0.2, 0.25) is 5.02 Å². The first-order valence-electron chi connectivity index (χ1n) is 19.8. The Balaban J connectivity index is 1.27. The van der Waals surface area contributed by atoms with Crippen LogP contribution in [0.1, 0.15) is 129 Å². The zero-order valence-electron chi connectivity index (χ0n) is 32.1. The van der Waals surface area contributed by atoms with Crippen LogP contribution in [0.5, 0.6) is 0 Å². The first-order chi connectivity index (χ1) is 26.3. The van der Waals surface area contributed by atoms with E-state index in [1.165, 1.54) is 51.4 Å². The molecular weight excluding hydrogens is 712 g/mol. The maximum Gasteiger partial charge on any atom is 0.324 e. The number of aromatic nitrogens is 1. The second kappa shape index (κ2) is 21.3. The number of nitrogens with one attached hydrogen (secondary N) is 1. The summed E-state index contributed by atoms with van der Waals surface area (Å²) in [6.07, 6.45) is 14.0. The summed E-state index contributed by atoms with van der Waals surface area (Å²) in [5.74, 6) is 0.0993. The molecule has 5 rings (SSSR count). The van der Waals surface area contributed by atoms with Crippen molar-refractivity contribution in [1.29, 1.82) is 0 Å². The van der Waals surface area contributed by atoms with Crippen LogP contribution >= 0.6 is 23.4 Å². The minimum Gasteiger partial charge on any atom is -0.370 e. The minimum atomic E-state index is -0.735. The maximum absolute atomic E-state index is 14.2. The van der Waals surface area contributed by atoms with Crippen LogP contribution in [0.25, 0.3) is 21.8 Å². The van der Waals surface area contributed by atoms with E-state index < -0.39 is 6.04 Å². The molecule has 0 fully saturated rings. The van der Waals surface area contributed by atoms with E-state index in [2.05, 4.69) is 23.9 Å². The largest absolute Gasteiger partial charge is 0.370 e. The van der Waals surface area contributed by atoms with Crippen LogP contribution in [0.4, 0.5) is 0 Å². The fraction of sp³-hybridized carbons (Fsp3) is 0.413. The van der Waals surface area contributed by atoms with Crippen LogP contribution in [-0.2, 0) is 16.2 Å². The van der Waals surface area contributed by atoms with Crippen LogP contribution in [0.15, 0.2) is 89.8 Å². The molecule has 0 bridgehead atoms. The van der Waals surface area contributed by atoms with Gasteiger partial charge in [0, 0.05) is 67.1 Å². The topological polar surface area (TPSA) is 77.4 Å². The molecule has 0 saturated carbocycles. The number of Topliss-reactive ketones (excluding diaryl/α,β-unsaturated/α-hetero) is 1. The molecule has 286 valence electrons. The van der Waals surface area contributed by atoms with Crippen molar-refractivity contribution < 1.29 is 19.2 Å². The van der Waals surface area contributed by atoms with Crippen molar-refractivity contribution in [3.8, 4) is 0 Å². The lowest BCUT2D eigenvalue weighted by molar-refractivity contribution is -0.152. The van der Waals surface area contributed by atoms with Crippen molar-refractivity contribution in [2.24, 2.45) is 0 Å². The number of fused-ring (bicyclic) bond motifs is 3. The number of thioether (sulfide) groups is 1. The number of halogens is 1. The number of hydrogen-bond donors (Lipinski definition) is 1. The average Bonchev–Trinajstić information content (AvgIpc) is 3.50. The number of unbranched alkanes of at least 4 members (excludes halogenated alkanes) is 10. The van der Waals surface area contributed by atoms with Crippen molar-refractivity contribution >= 4 is 62.7 Å². The summed E-state index contributed by atoms with van der Waals surface area (Å²) in [6.45, 7) is 7.02.